The average molecular weight is 471 g/mol. The Labute approximate surface area is 177 Å². The van der Waals surface area contributed by atoms with Gasteiger partial charge >= 0.3 is 0 Å². The molecule has 11 heteroatoms. The Morgan fingerprint density at radius 3 is 2.11 bits per heavy atom. The van der Waals surface area contributed by atoms with Crippen molar-refractivity contribution in [2.45, 2.75) is 24.8 Å². The first-order chi connectivity index (χ1) is 12.5. The van der Waals surface area contributed by atoms with Crippen LogP contribution in [0.4, 0.5) is 5.69 Å². The molecular formula is C16H15Cl4N3O3S. The van der Waals surface area contributed by atoms with Crippen LogP contribution in [0.2, 0.25) is 20.1 Å². The number of rotatable bonds is 6. The highest BCUT2D eigenvalue weighted by atomic mass is 35.5. The minimum atomic E-state index is -3.78. The van der Waals surface area contributed by atoms with Gasteiger partial charge in [0.1, 0.15) is 0 Å². The Morgan fingerprint density at radius 2 is 1.56 bits per heavy atom. The molecule has 2 rings (SSSR count). The fourth-order valence-corrected chi connectivity index (χ4v) is 4.46. The lowest BCUT2D eigenvalue weighted by atomic mass is 10.2. The molecule has 0 heterocycles. The second-order valence-electron chi connectivity index (χ2n) is 5.74. The summed E-state index contributed by atoms with van der Waals surface area (Å²) >= 11 is 23.9. The monoisotopic (exact) mass is 469 g/mol. The fraction of sp³-hybridized carbons (Fsp3) is 0.188. The summed E-state index contributed by atoms with van der Waals surface area (Å²) in [5.41, 5.74) is 5.14. The third-order valence-corrected chi connectivity index (χ3v) is 5.99. The lowest BCUT2D eigenvalue weighted by molar-refractivity contribution is 0.0962. The number of benzene rings is 2. The molecule has 0 radical (unpaired) electrons. The first kappa shape index (κ1) is 22.1. The maximum absolute atomic E-state index is 12.4. The van der Waals surface area contributed by atoms with Crippen LogP contribution >= 0.6 is 46.4 Å². The minimum Gasteiger partial charge on any atom is -0.295 e. The largest absolute Gasteiger partial charge is 0.295 e. The van der Waals surface area contributed by atoms with Gasteiger partial charge in [0.25, 0.3) is 5.91 Å². The molecule has 0 spiro atoms. The summed E-state index contributed by atoms with van der Waals surface area (Å²) < 4.78 is 27.0. The number of halogens is 4. The predicted molar refractivity (Wildman–Crippen MR) is 109 cm³/mol. The van der Waals surface area contributed by atoms with E-state index >= 15 is 0 Å². The van der Waals surface area contributed by atoms with Gasteiger partial charge in [-0.1, -0.05) is 46.4 Å². The maximum Gasteiger partial charge on any atom is 0.271 e. The molecule has 146 valence electrons. The summed E-state index contributed by atoms with van der Waals surface area (Å²) in [6, 6.07) is 6.40. The number of hydrogen-bond donors (Lipinski definition) is 3. The van der Waals surface area contributed by atoms with E-state index in [0.29, 0.717) is 5.02 Å². The molecule has 0 unspecified atom stereocenters. The summed E-state index contributed by atoms with van der Waals surface area (Å²) in [6.07, 6.45) is 0. The molecule has 0 aliphatic carbocycles. The summed E-state index contributed by atoms with van der Waals surface area (Å²) in [5, 5.41) is 0.791. The minimum absolute atomic E-state index is 0.0444. The Bertz CT molecular complexity index is 958. The molecule has 6 nitrogen and oxygen atoms in total. The number of carbonyl (C=O) groups excluding carboxylic acids is 1. The van der Waals surface area contributed by atoms with Crippen molar-refractivity contribution in [3.63, 3.8) is 0 Å². The Balaban J connectivity index is 2.26. The van der Waals surface area contributed by atoms with Gasteiger partial charge in [0, 0.05) is 11.1 Å². The molecule has 2 aromatic carbocycles. The zero-order valence-corrected chi connectivity index (χ0v) is 17.9. The number of sulfonamides is 1. The topological polar surface area (TPSA) is 87.3 Å². The number of hydrogen-bond acceptors (Lipinski definition) is 4. The molecule has 0 aliphatic heterocycles. The zero-order chi connectivity index (χ0) is 20.4. The van der Waals surface area contributed by atoms with Crippen molar-refractivity contribution in [2.24, 2.45) is 0 Å². The fourth-order valence-electron chi connectivity index (χ4n) is 2.07. The first-order valence-corrected chi connectivity index (χ1v) is 10.5. The number of anilines is 1. The van der Waals surface area contributed by atoms with Gasteiger partial charge in [-0.3, -0.25) is 15.6 Å². The maximum atomic E-state index is 12.4. The molecule has 0 aromatic heterocycles. The quantitative estimate of drug-likeness (QED) is 0.532. The van der Waals surface area contributed by atoms with E-state index in [-0.39, 0.29) is 37.3 Å². The van der Waals surface area contributed by atoms with Gasteiger partial charge < -0.3 is 0 Å². The third-order valence-electron chi connectivity index (χ3n) is 3.19. The van der Waals surface area contributed by atoms with Crippen molar-refractivity contribution >= 4 is 68.0 Å². The summed E-state index contributed by atoms with van der Waals surface area (Å²) in [4.78, 5) is 12.4. The van der Waals surface area contributed by atoms with Gasteiger partial charge in [-0.15, -0.1) is 0 Å². The van der Waals surface area contributed by atoms with Crippen LogP contribution in [-0.2, 0) is 10.0 Å². The molecule has 0 bridgehead atoms. The normalized spacial score (nSPS) is 11.5. The molecule has 0 fully saturated rings. The van der Waals surface area contributed by atoms with Crippen LogP contribution in [0.25, 0.3) is 0 Å². The van der Waals surface area contributed by atoms with Gasteiger partial charge in [0.05, 0.1) is 31.2 Å². The molecule has 0 aliphatic rings. The van der Waals surface area contributed by atoms with Crippen molar-refractivity contribution in [1.82, 2.24) is 10.1 Å². The molecule has 3 N–H and O–H groups in total. The van der Waals surface area contributed by atoms with Gasteiger partial charge in [-0.25, -0.2) is 13.1 Å². The standard InChI is InChI=1S/C16H15Cl4N3O3S/c1-8(2)23-27(25,26)10-3-4-12(18)11(7-10)16(24)22-21-15-13(19)5-9(17)6-14(15)20/h3-8,21,23H,1-2H3,(H,22,24). The number of amides is 1. The van der Waals surface area contributed by atoms with E-state index < -0.39 is 15.9 Å². The highest BCUT2D eigenvalue weighted by Crippen LogP contribution is 2.33. The molecule has 0 saturated heterocycles. The van der Waals surface area contributed by atoms with Crippen molar-refractivity contribution < 1.29 is 13.2 Å². The zero-order valence-electron chi connectivity index (χ0n) is 14.1. The van der Waals surface area contributed by atoms with Crippen LogP contribution in [-0.4, -0.2) is 20.4 Å². The van der Waals surface area contributed by atoms with Crippen LogP contribution in [0, 0.1) is 0 Å². The van der Waals surface area contributed by atoms with Crippen LogP contribution in [0.15, 0.2) is 35.2 Å². The molecule has 2 aromatic rings. The Hall–Kier alpha value is -1.22. The highest BCUT2D eigenvalue weighted by Gasteiger charge is 2.20. The van der Waals surface area contributed by atoms with Crippen molar-refractivity contribution in [1.29, 1.82) is 0 Å². The Morgan fingerprint density at radius 1 is 0.963 bits per heavy atom. The lowest BCUT2D eigenvalue weighted by Gasteiger charge is -2.14. The third kappa shape index (κ3) is 5.63. The van der Waals surface area contributed by atoms with Gasteiger partial charge in [0.15, 0.2) is 0 Å². The second-order valence-corrected chi connectivity index (χ2v) is 9.11. The van der Waals surface area contributed by atoms with E-state index in [1.54, 1.807) is 13.8 Å². The van der Waals surface area contributed by atoms with Gasteiger partial charge in [-0.2, -0.15) is 0 Å². The second kappa shape index (κ2) is 8.86. The molecule has 0 saturated carbocycles. The van der Waals surface area contributed by atoms with E-state index in [9.17, 15) is 13.2 Å². The number of carbonyl (C=O) groups is 1. The van der Waals surface area contributed by atoms with E-state index in [0.717, 1.165) is 0 Å². The molecule has 0 atom stereocenters. The van der Waals surface area contributed by atoms with Gasteiger partial charge in [-0.05, 0) is 44.2 Å². The molecule has 27 heavy (non-hydrogen) atoms. The average Bonchev–Trinajstić information content (AvgIpc) is 2.52. The van der Waals surface area contributed by atoms with Crippen molar-refractivity contribution in [2.75, 3.05) is 5.43 Å². The van der Waals surface area contributed by atoms with Crippen molar-refractivity contribution in [3.05, 3.63) is 56.0 Å². The van der Waals surface area contributed by atoms with Crippen LogP contribution in [0.5, 0.6) is 0 Å². The van der Waals surface area contributed by atoms with Crippen LogP contribution in [0.1, 0.15) is 24.2 Å². The smallest absolute Gasteiger partial charge is 0.271 e. The van der Waals surface area contributed by atoms with Crippen LogP contribution in [0.3, 0.4) is 0 Å². The lowest BCUT2D eigenvalue weighted by Crippen LogP contribution is -2.32. The predicted octanol–water partition coefficient (Wildman–Crippen LogP) is 4.74. The van der Waals surface area contributed by atoms with Crippen LogP contribution < -0.4 is 15.6 Å². The van der Waals surface area contributed by atoms with E-state index in [2.05, 4.69) is 15.6 Å². The number of hydrazine groups is 1. The summed E-state index contributed by atoms with van der Waals surface area (Å²) in [5.74, 6) is -0.677. The SMILES string of the molecule is CC(C)NS(=O)(=O)c1ccc(Cl)c(C(=O)NNc2c(Cl)cc(Cl)cc2Cl)c1. The molecular weight excluding hydrogens is 456 g/mol. The first-order valence-electron chi connectivity index (χ1n) is 7.54. The summed E-state index contributed by atoms with van der Waals surface area (Å²) in [7, 11) is -3.78. The number of nitrogens with one attached hydrogen (secondary N) is 3. The summed E-state index contributed by atoms with van der Waals surface area (Å²) in [6.45, 7) is 3.37. The van der Waals surface area contributed by atoms with Crippen molar-refractivity contribution in [3.8, 4) is 0 Å². The highest BCUT2D eigenvalue weighted by molar-refractivity contribution is 7.89. The van der Waals surface area contributed by atoms with Gasteiger partial charge in [0.2, 0.25) is 10.0 Å². The van der Waals surface area contributed by atoms with E-state index in [1.165, 1.54) is 30.3 Å². The molecule has 1 amide bonds. The Kier molecular flexibility index (Phi) is 7.24. The van der Waals surface area contributed by atoms with E-state index in [1.807, 2.05) is 0 Å². The van der Waals surface area contributed by atoms with E-state index in [4.69, 9.17) is 46.4 Å².